The summed E-state index contributed by atoms with van der Waals surface area (Å²) in [5.74, 6) is 2.36. The number of hydrogen-bond acceptors (Lipinski definition) is 2. The molecule has 2 nitrogen and oxygen atoms in total. The Morgan fingerprint density at radius 1 is 1.21 bits per heavy atom. The molecule has 2 unspecified atom stereocenters. The predicted molar refractivity (Wildman–Crippen MR) is 80.3 cm³/mol. The molecule has 0 saturated heterocycles. The first kappa shape index (κ1) is 14.4. The first-order valence-electron chi connectivity index (χ1n) is 7.56. The standard InChI is InChI=1S/C17H27NO/c1-4-9-19-16-8-6-5-7-15(16)17(18)11-13(2)10-14(3)12-17/h5-8,13-14H,4,9-12,18H2,1-3H3. The summed E-state index contributed by atoms with van der Waals surface area (Å²) in [4.78, 5) is 0. The highest BCUT2D eigenvalue weighted by Crippen LogP contribution is 2.43. The van der Waals surface area contributed by atoms with E-state index in [2.05, 4.69) is 39.0 Å². The molecule has 1 aromatic rings. The quantitative estimate of drug-likeness (QED) is 0.886. The van der Waals surface area contributed by atoms with Crippen molar-refractivity contribution in [2.24, 2.45) is 17.6 Å². The molecule has 2 heteroatoms. The van der Waals surface area contributed by atoms with Gasteiger partial charge in [0.25, 0.3) is 0 Å². The fourth-order valence-electron chi connectivity index (χ4n) is 3.62. The van der Waals surface area contributed by atoms with Crippen LogP contribution in [-0.2, 0) is 5.54 Å². The van der Waals surface area contributed by atoms with Crippen LogP contribution in [0.15, 0.2) is 24.3 Å². The first-order chi connectivity index (χ1) is 9.05. The van der Waals surface area contributed by atoms with Gasteiger partial charge in [-0.2, -0.15) is 0 Å². The Bertz CT molecular complexity index is 405. The zero-order valence-corrected chi connectivity index (χ0v) is 12.5. The Kier molecular flexibility index (Phi) is 4.51. The molecule has 0 aromatic heterocycles. The number of benzene rings is 1. The van der Waals surface area contributed by atoms with Crippen LogP contribution in [0.5, 0.6) is 5.75 Å². The van der Waals surface area contributed by atoms with Crippen LogP contribution in [0.1, 0.15) is 52.0 Å². The Balaban J connectivity index is 2.28. The Hall–Kier alpha value is -1.02. The third kappa shape index (κ3) is 3.30. The summed E-state index contributed by atoms with van der Waals surface area (Å²) >= 11 is 0. The lowest BCUT2D eigenvalue weighted by atomic mass is 9.69. The third-order valence-corrected chi connectivity index (χ3v) is 4.12. The predicted octanol–water partition coefficient (Wildman–Crippen LogP) is 4.09. The maximum Gasteiger partial charge on any atom is 0.124 e. The van der Waals surface area contributed by atoms with Crippen molar-refractivity contribution in [1.29, 1.82) is 0 Å². The van der Waals surface area contributed by atoms with E-state index in [0.29, 0.717) is 11.8 Å². The van der Waals surface area contributed by atoms with Gasteiger partial charge in [0, 0.05) is 11.1 Å². The second-order valence-corrected chi connectivity index (χ2v) is 6.36. The van der Waals surface area contributed by atoms with E-state index in [1.54, 1.807) is 0 Å². The molecule has 19 heavy (non-hydrogen) atoms. The maximum atomic E-state index is 6.75. The molecular weight excluding hydrogens is 234 g/mol. The molecule has 2 rings (SSSR count). The zero-order chi connectivity index (χ0) is 13.9. The average molecular weight is 261 g/mol. The molecule has 0 spiro atoms. The summed E-state index contributed by atoms with van der Waals surface area (Å²) in [5.41, 5.74) is 7.73. The lowest BCUT2D eigenvalue weighted by molar-refractivity contribution is 0.177. The summed E-state index contributed by atoms with van der Waals surface area (Å²) in [7, 11) is 0. The smallest absolute Gasteiger partial charge is 0.124 e. The number of rotatable bonds is 4. The van der Waals surface area contributed by atoms with E-state index in [9.17, 15) is 0 Å². The van der Waals surface area contributed by atoms with Crippen LogP contribution in [0.3, 0.4) is 0 Å². The number of hydrogen-bond donors (Lipinski definition) is 1. The summed E-state index contributed by atoms with van der Waals surface area (Å²) < 4.78 is 5.90. The van der Waals surface area contributed by atoms with E-state index >= 15 is 0 Å². The van der Waals surface area contributed by atoms with Crippen LogP contribution >= 0.6 is 0 Å². The van der Waals surface area contributed by atoms with Crippen molar-refractivity contribution in [3.63, 3.8) is 0 Å². The summed E-state index contributed by atoms with van der Waals surface area (Å²) in [6.45, 7) is 7.52. The maximum absolute atomic E-state index is 6.75. The van der Waals surface area contributed by atoms with Crippen LogP contribution < -0.4 is 10.5 Å². The van der Waals surface area contributed by atoms with Gasteiger partial charge in [0.1, 0.15) is 5.75 Å². The molecule has 1 aliphatic carbocycles. The van der Waals surface area contributed by atoms with Crippen molar-refractivity contribution in [2.45, 2.75) is 52.0 Å². The summed E-state index contributed by atoms with van der Waals surface area (Å²) in [6.07, 6.45) is 4.43. The van der Waals surface area contributed by atoms with Crippen molar-refractivity contribution in [3.05, 3.63) is 29.8 Å². The molecule has 1 fully saturated rings. The monoisotopic (exact) mass is 261 g/mol. The average Bonchev–Trinajstić information content (AvgIpc) is 2.35. The molecule has 0 amide bonds. The lowest BCUT2D eigenvalue weighted by Crippen LogP contribution is -2.43. The normalized spacial score (nSPS) is 31.2. The molecule has 2 atom stereocenters. The van der Waals surface area contributed by atoms with Gasteiger partial charge in [-0.25, -0.2) is 0 Å². The number of nitrogens with two attached hydrogens (primary N) is 1. The molecule has 0 heterocycles. The molecule has 0 aliphatic heterocycles. The van der Waals surface area contributed by atoms with Crippen molar-refractivity contribution in [2.75, 3.05) is 6.61 Å². The molecule has 1 saturated carbocycles. The molecule has 1 aromatic carbocycles. The fourth-order valence-corrected chi connectivity index (χ4v) is 3.62. The molecule has 2 N–H and O–H groups in total. The van der Waals surface area contributed by atoms with Gasteiger partial charge < -0.3 is 10.5 Å². The summed E-state index contributed by atoms with van der Waals surface area (Å²) in [6, 6.07) is 8.32. The van der Waals surface area contributed by atoms with Crippen molar-refractivity contribution < 1.29 is 4.74 Å². The van der Waals surface area contributed by atoms with Crippen LogP contribution in [-0.4, -0.2) is 6.61 Å². The SMILES string of the molecule is CCCOc1ccccc1C1(N)CC(C)CC(C)C1. The number of para-hydroxylation sites is 1. The summed E-state index contributed by atoms with van der Waals surface area (Å²) in [5, 5.41) is 0. The van der Waals surface area contributed by atoms with E-state index in [1.165, 1.54) is 12.0 Å². The van der Waals surface area contributed by atoms with Gasteiger partial charge in [-0.05, 0) is 43.6 Å². The van der Waals surface area contributed by atoms with E-state index in [1.807, 2.05) is 6.07 Å². The highest BCUT2D eigenvalue weighted by atomic mass is 16.5. The van der Waals surface area contributed by atoms with Gasteiger partial charge in [-0.1, -0.05) is 39.0 Å². The van der Waals surface area contributed by atoms with Gasteiger partial charge in [0.15, 0.2) is 0 Å². The first-order valence-corrected chi connectivity index (χ1v) is 7.56. The van der Waals surface area contributed by atoms with Gasteiger partial charge in [-0.15, -0.1) is 0 Å². The Morgan fingerprint density at radius 2 is 1.84 bits per heavy atom. The largest absolute Gasteiger partial charge is 0.493 e. The lowest BCUT2D eigenvalue weighted by Gasteiger charge is -2.41. The zero-order valence-electron chi connectivity index (χ0n) is 12.5. The second kappa shape index (κ2) is 5.96. The van der Waals surface area contributed by atoms with E-state index in [4.69, 9.17) is 10.5 Å². The molecule has 1 aliphatic rings. The fraction of sp³-hybridized carbons (Fsp3) is 0.647. The van der Waals surface area contributed by atoms with Gasteiger partial charge in [0.2, 0.25) is 0 Å². The molecule has 0 bridgehead atoms. The van der Waals surface area contributed by atoms with Crippen LogP contribution in [0.2, 0.25) is 0 Å². The minimum Gasteiger partial charge on any atom is -0.493 e. The molecule has 106 valence electrons. The van der Waals surface area contributed by atoms with E-state index in [-0.39, 0.29) is 5.54 Å². The van der Waals surface area contributed by atoms with Gasteiger partial charge in [0.05, 0.1) is 6.61 Å². The van der Waals surface area contributed by atoms with Crippen molar-refractivity contribution in [1.82, 2.24) is 0 Å². The molecule has 0 radical (unpaired) electrons. The highest BCUT2D eigenvalue weighted by molar-refractivity contribution is 5.39. The third-order valence-electron chi connectivity index (χ3n) is 4.12. The van der Waals surface area contributed by atoms with Crippen LogP contribution in [0.4, 0.5) is 0 Å². The van der Waals surface area contributed by atoms with Crippen LogP contribution in [0.25, 0.3) is 0 Å². The van der Waals surface area contributed by atoms with Crippen molar-refractivity contribution >= 4 is 0 Å². The van der Waals surface area contributed by atoms with Crippen LogP contribution in [0, 0.1) is 11.8 Å². The van der Waals surface area contributed by atoms with Crippen molar-refractivity contribution in [3.8, 4) is 5.75 Å². The second-order valence-electron chi connectivity index (χ2n) is 6.36. The Morgan fingerprint density at radius 3 is 2.47 bits per heavy atom. The van der Waals surface area contributed by atoms with E-state index in [0.717, 1.165) is 31.6 Å². The minimum absolute atomic E-state index is 0.221. The van der Waals surface area contributed by atoms with Gasteiger partial charge >= 0.3 is 0 Å². The minimum atomic E-state index is -0.221. The van der Waals surface area contributed by atoms with Gasteiger partial charge in [-0.3, -0.25) is 0 Å². The topological polar surface area (TPSA) is 35.2 Å². The molecular formula is C17H27NO. The number of ether oxygens (including phenoxy) is 1. The highest BCUT2D eigenvalue weighted by Gasteiger charge is 2.37. The Labute approximate surface area is 117 Å². The van der Waals surface area contributed by atoms with E-state index < -0.39 is 0 Å².